The van der Waals surface area contributed by atoms with Crippen LogP contribution in [0.3, 0.4) is 0 Å². The maximum Gasteiger partial charge on any atom is 0.313 e. The van der Waals surface area contributed by atoms with Gasteiger partial charge in [-0.05, 0) is 56.3 Å². The summed E-state index contributed by atoms with van der Waals surface area (Å²) in [7, 11) is 0. The van der Waals surface area contributed by atoms with E-state index in [-0.39, 0.29) is 22.4 Å². The second-order valence-corrected chi connectivity index (χ2v) is 8.11. The van der Waals surface area contributed by atoms with Gasteiger partial charge >= 0.3 is 5.97 Å². The number of esters is 1. The van der Waals surface area contributed by atoms with E-state index in [2.05, 4.69) is 41.5 Å². The monoisotopic (exact) mass is 266 g/mol. The van der Waals surface area contributed by atoms with E-state index in [1.807, 2.05) is 0 Å². The van der Waals surface area contributed by atoms with Crippen LogP contribution in [0.15, 0.2) is 0 Å². The fourth-order valence-corrected chi connectivity index (χ4v) is 4.07. The Morgan fingerprint density at radius 3 is 1.89 bits per heavy atom. The fourth-order valence-electron chi connectivity index (χ4n) is 4.07. The maximum atomic E-state index is 12.8. The fraction of sp³-hybridized carbons (Fsp3) is 0.941. The second-order valence-electron chi connectivity index (χ2n) is 8.11. The van der Waals surface area contributed by atoms with Crippen molar-refractivity contribution in [2.24, 2.45) is 22.7 Å². The molecule has 0 bridgehead atoms. The predicted octanol–water partition coefficient (Wildman–Crippen LogP) is 4.57. The van der Waals surface area contributed by atoms with E-state index in [0.29, 0.717) is 11.8 Å². The third-order valence-electron chi connectivity index (χ3n) is 5.95. The minimum atomic E-state index is -0.243. The molecule has 19 heavy (non-hydrogen) atoms. The summed E-state index contributed by atoms with van der Waals surface area (Å²) in [6, 6.07) is 0. The lowest BCUT2D eigenvalue weighted by Gasteiger charge is -2.33. The third kappa shape index (κ3) is 2.32. The van der Waals surface area contributed by atoms with Crippen LogP contribution in [0.25, 0.3) is 0 Å². The molecule has 0 radical (unpaired) electrons. The van der Waals surface area contributed by atoms with Gasteiger partial charge in [-0.1, -0.05) is 34.6 Å². The number of hydrogen-bond acceptors (Lipinski definition) is 2. The molecule has 0 heterocycles. The van der Waals surface area contributed by atoms with Gasteiger partial charge in [0.1, 0.15) is 5.60 Å². The average Bonchev–Trinajstić information content (AvgIpc) is 2.65. The summed E-state index contributed by atoms with van der Waals surface area (Å²) in [5, 5.41) is 0. The molecule has 2 saturated carbocycles. The van der Waals surface area contributed by atoms with Crippen LogP contribution >= 0.6 is 0 Å². The molecule has 0 amide bonds. The summed E-state index contributed by atoms with van der Waals surface area (Å²) in [6.45, 7) is 13.2. The molecule has 0 spiro atoms. The van der Waals surface area contributed by atoms with Crippen molar-refractivity contribution in [1.29, 1.82) is 0 Å². The summed E-state index contributed by atoms with van der Waals surface area (Å²) in [4.78, 5) is 12.8. The van der Waals surface area contributed by atoms with Crippen LogP contribution in [0.4, 0.5) is 0 Å². The molecular weight excluding hydrogens is 236 g/mol. The lowest BCUT2D eigenvalue weighted by molar-refractivity contribution is -0.169. The van der Waals surface area contributed by atoms with Crippen molar-refractivity contribution in [1.82, 2.24) is 0 Å². The van der Waals surface area contributed by atoms with Gasteiger partial charge in [0.15, 0.2) is 0 Å². The summed E-state index contributed by atoms with van der Waals surface area (Å²) >= 11 is 0. The van der Waals surface area contributed by atoms with E-state index < -0.39 is 0 Å². The zero-order valence-corrected chi connectivity index (χ0v) is 13.5. The first-order valence-electron chi connectivity index (χ1n) is 7.88. The lowest BCUT2D eigenvalue weighted by atomic mass is 9.77. The average molecular weight is 266 g/mol. The predicted molar refractivity (Wildman–Crippen MR) is 77.8 cm³/mol. The van der Waals surface area contributed by atoms with Gasteiger partial charge in [-0.3, -0.25) is 4.79 Å². The minimum Gasteiger partial charge on any atom is -0.459 e. The number of hydrogen-bond donors (Lipinski definition) is 0. The quantitative estimate of drug-likeness (QED) is 0.697. The molecule has 0 aliphatic heterocycles. The molecule has 2 nitrogen and oxygen atoms in total. The van der Waals surface area contributed by atoms with Crippen molar-refractivity contribution in [3.05, 3.63) is 0 Å². The van der Waals surface area contributed by atoms with Gasteiger partial charge in [0, 0.05) is 0 Å². The highest BCUT2D eigenvalue weighted by Gasteiger charge is 2.70. The van der Waals surface area contributed by atoms with Gasteiger partial charge in [-0.25, -0.2) is 0 Å². The Labute approximate surface area is 118 Å². The molecule has 0 aromatic heterocycles. The molecule has 110 valence electrons. The molecule has 2 atom stereocenters. The minimum absolute atomic E-state index is 0.0723. The van der Waals surface area contributed by atoms with Crippen molar-refractivity contribution in [2.45, 2.75) is 79.2 Å². The first-order chi connectivity index (χ1) is 8.65. The van der Waals surface area contributed by atoms with Crippen LogP contribution in [0, 0.1) is 22.7 Å². The largest absolute Gasteiger partial charge is 0.459 e. The SMILES string of the molecule is CC(C)C(C)C1(C(=O)OC2(C)CCCC2)CC1(C)C. The van der Waals surface area contributed by atoms with Gasteiger partial charge < -0.3 is 4.74 Å². The molecule has 2 fully saturated rings. The first-order valence-corrected chi connectivity index (χ1v) is 7.88. The zero-order chi connectivity index (χ0) is 14.5. The molecule has 2 aliphatic carbocycles. The molecule has 2 unspecified atom stereocenters. The number of rotatable bonds is 4. The van der Waals surface area contributed by atoms with E-state index in [1.54, 1.807) is 0 Å². The summed E-state index contributed by atoms with van der Waals surface area (Å²) in [5.41, 5.74) is -0.338. The van der Waals surface area contributed by atoms with E-state index in [0.717, 1.165) is 19.3 Å². The molecule has 2 rings (SSSR count). The van der Waals surface area contributed by atoms with E-state index in [9.17, 15) is 4.79 Å². The van der Waals surface area contributed by atoms with Crippen LogP contribution in [0.2, 0.25) is 0 Å². The standard InChI is InChI=1S/C17H30O2/c1-12(2)13(3)17(11-15(17,4)5)14(18)19-16(6)9-7-8-10-16/h12-13H,7-11H2,1-6H3. The van der Waals surface area contributed by atoms with Gasteiger partial charge in [0.2, 0.25) is 0 Å². The summed E-state index contributed by atoms with van der Waals surface area (Å²) < 4.78 is 5.99. The van der Waals surface area contributed by atoms with Crippen LogP contribution < -0.4 is 0 Å². The van der Waals surface area contributed by atoms with Crippen LogP contribution in [-0.2, 0) is 9.53 Å². The molecular formula is C17H30O2. The van der Waals surface area contributed by atoms with Crippen LogP contribution in [0.5, 0.6) is 0 Å². The molecule has 2 aliphatic rings. The van der Waals surface area contributed by atoms with Gasteiger partial charge in [-0.15, -0.1) is 0 Å². The highest BCUT2D eigenvalue weighted by Crippen LogP contribution is 2.69. The number of ether oxygens (including phenoxy) is 1. The number of carbonyl (C=O) groups is 1. The Morgan fingerprint density at radius 2 is 1.53 bits per heavy atom. The summed E-state index contributed by atoms with van der Waals surface area (Å²) in [6.07, 6.45) is 5.44. The molecule has 0 aromatic rings. The van der Waals surface area contributed by atoms with Gasteiger partial charge in [-0.2, -0.15) is 0 Å². The Kier molecular flexibility index (Phi) is 3.52. The van der Waals surface area contributed by atoms with Crippen molar-refractivity contribution < 1.29 is 9.53 Å². The van der Waals surface area contributed by atoms with Crippen LogP contribution in [0.1, 0.15) is 73.6 Å². The normalized spacial score (nSPS) is 33.2. The Bertz CT molecular complexity index is 363. The van der Waals surface area contributed by atoms with Crippen molar-refractivity contribution >= 4 is 5.97 Å². The molecule has 0 aromatic carbocycles. The van der Waals surface area contributed by atoms with Crippen molar-refractivity contribution in [2.75, 3.05) is 0 Å². The Hall–Kier alpha value is -0.530. The Morgan fingerprint density at radius 1 is 1.05 bits per heavy atom. The Balaban J connectivity index is 2.15. The molecule has 0 N–H and O–H groups in total. The third-order valence-corrected chi connectivity index (χ3v) is 5.95. The zero-order valence-electron chi connectivity index (χ0n) is 13.5. The van der Waals surface area contributed by atoms with Crippen LogP contribution in [-0.4, -0.2) is 11.6 Å². The van der Waals surface area contributed by atoms with Gasteiger partial charge in [0.05, 0.1) is 5.41 Å². The topological polar surface area (TPSA) is 26.3 Å². The van der Waals surface area contributed by atoms with Crippen molar-refractivity contribution in [3.63, 3.8) is 0 Å². The second kappa shape index (κ2) is 4.49. The first kappa shape index (κ1) is 14.9. The van der Waals surface area contributed by atoms with E-state index in [4.69, 9.17) is 4.74 Å². The summed E-state index contributed by atoms with van der Waals surface area (Å²) in [5.74, 6) is 0.980. The smallest absolute Gasteiger partial charge is 0.313 e. The van der Waals surface area contributed by atoms with E-state index >= 15 is 0 Å². The highest BCUT2D eigenvalue weighted by molar-refractivity contribution is 5.82. The highest BCUT2D eigenvalue weighted by atomic mass is 16.6. The van der Waals surface area contributed by atoms with Gasteiger partial charge in [0.25, 0.3) is 0 Å². The van der Waals surface area contributed by atoms with E-state index in [1.165, 1.54) is 12.8 Å². The lowest BCUT2D eigenvalue weighted by Crippen LogP contribution is -2.38. The number of carbonyl (C=O) groups excluding carboxylic acids is 1. The molecule has 0 saturated heterocycles. The maximum absolute atomic E-state index is 12.8. The molecule has 2 heteroatoms. The van der Waals surface area contributed by atoms with Crippen molar-refractivity contribution in [3.8, 4) is 0 Å².